The first-order chi connectivity index (χ1) is 8.19. The van der Waals surface area contributed by atoms with E-state index in [0.29, 0.717) is 12.2 Å². The van der Waals surface area contributed by atoms with Crippen molar-refractivity contribution in [2.24, 2.45) is 0 Å². The lowest BCUT2D eigenvalue weighted by molar-refractivity contribution is 0.130. The molecule has 17 heavy (non-hydrogen) atoms. The van der Waals surface area contributed by atoms with Crippen LogP contribution in [-0.4, -0.2) is 19.8 Å². The second-order valence-electron chi connectivity index (χ2n) is 3.95. The fourth-order valence-corrected chi connectivity index (χ4v) is 1.72. The maximum absolute atomic E-state index is 8.84. The topological polar surface area (TPSA) is 42.2 Å². The third-order valence-electron chi connectivity index (χ3n) is 2.47. The van der Waals surface area contributed by atoms with Crippen LogP contribution in [0.25, 0.3) is 0 Å². The van der Waals surface area contributed by atoms with Crippen LogP contribution in [0.5, 0.6) is 5.75 Å². The summed E-state index contributed by atoms with van der Waals surface area (Å²) in [5.74, 6) is 0.889. The summed E-state index contributed by atoms with van der Waals surface area (Å²) in [5, 5.41) is 8.84. The standard InChI is InChI=1S/C14H19NO2/c1-4-16-6-5-7-17-14-11(2)8-13(10-15)9-12(14)3/h8-9H,4-7H2,1-3H3. The van der Waals surface area contributed by atoms with Gasteiger partial charge < -0.3 is 9.47 Å². The zero-order valence-corrected chi connectivity index (χ0v) is 10.7. The molecule has 1 aromatic rings. The van der Waals surface area contributed by atoms with Crippen molar-refractivity contribution in [3.63, 3.8) is 0 Å². The highest BCUT2D eigenvalue weighted by Crippen LogP contribution is 2.24. The molecule has 0 saturated heterocycles. The van der Waals surface area contributed by atoms with Crippen LogP contribution in [0.15, 0.2) is 12.1 Å². The predicted octanol–water partition coefficient (Wildman–Crippen LogP) is 2.98. The zero-order chi connectivity index (χ0) is 12.7. The second-order valence-corrected chi connectivity index (χ2v) is 3.95. The molecule has 0 aliphatic rings. The normalized spacial score (nSPS) is 10.0. The fraction of sp³-hybridized carbons (Fsp3) is 0.500. The quantitative estimate of drug-likeness (QED) is 0.709. The Morgan fingerprint density at radius 2 is 1.82 bits per heavy atom. The smallest absolute Gasteiger partial charge is 0.125 e. The molecule has 92 valence electrons. The van der Waals surface area contributed by atoms with Gasteiger partial charge in [0, 0.05) is 19.6 Å². The van der Waals surface area contributed by atoms with Gasteiger partial charge in [-0.1, -0.05) is 0 Å². The Kier molecular flexibility index (Phi) is 5.51. The number of nitriles is 1. The molecular formula is C14H19NO2. The highest BCUT2D eigenvalue weighted by atomic mass is 16.5. The summed E-state index contributed by atoms with van der Waals surface area (Å²) < 4.78 is 11.0. The summed E-state index contributed by atoms with van der Waals surface area (Å²) in [6.07, 6.45) is 0.882. The predicted molar refractivity (Wildman–Crippen MR) is 67.2 cm³/mol. The number of hydrogen-bond donors (Lipinski definition) is 0. The molecule has 0 spiro atoms. The minimum Gasteiger partial charge on any atom is -0.493 e. The Balaban J connectivity index is 2.57. The number of rotatable bonds is 6. The van der Waals surface area contributed by atoms with Crippen molar-refractivity contribution >= 4 is 0 Å². The molecule has 0 bridgehead atoms. The van der Waals surface area contributed by atoms with Gasteiger partial charge in [-0.25, -0.2) is 0 Å². The molecule has 0 unspecified atom stereocenters. The highest BCUT2D eigenvalue weighted by molar-refractivity contribution is 5.47. The van der Waals surface area contributed by atoms with Gasteiger partial charge in [0.1, 0.15) is 5.75 Å². The molecule has 0 amide bonds. The first-order valence-corrected chi connectivity index (χ1v) is 5.91. The SMILES string of the molecule is CCOCCCOc1c(C)cc(C#N)cc1C. The van der Waals surface area contributed by atoms with Gasteiger partial charge in [-0.05, 0) is 44.0 Å². The van der Waals surface area contributed by atoms with E-state index in [9.17, 15) is 0 Å². The third kappa shape index (κ3) is 4.08. The van der Waals surface area contributed by atoms with Crippen LogP contribution in [0.3, 0.4) is 0 Å². The molecule has 3 heteroatoms. The maximum Gasteiger partial charge on any atom is 0.125 e. The van der Waals surface area contributed by atoms with Gasteiger partial charge in [0.25, 0.3) is 0 Å². The monoisotopic (exact) mass is 233 g/mol. The van der Waals surface area contributed by atoms with Gasteiger partial charge in [0.05, 0.1) is 18.2 Å². The van der Waals surface area contributed by atoms with E-state index in [1.165, 1.54) is 0 Å². The Morgan fingerprint density at radius 3 is 2.35 bits per heavy atom. The molecule has 0 aliphatic carbocycles. The van der Waals surface area contributed by atoms with Crippen molar-refractivity contribution in [2.45, 2.75) is 27.2 Å². The summed E-state index contributed by atoms with van der Waals surface area (Å²) in [6.45, 7) is 8.03. The van der Waals surface area contributed by atoms with Crippen molar-refractivity contribution in [1.29, 1.82) is 5.26 Å². The van der Waals surface area contributed by atoms with E-state index in [-0.39, 0.29) is 0 Å². The minimum atomic E-state index is 0.646. The first-order valence-electron chi connectivity index (χ1n) is 5.91. The molecule has 0 aliphatic heterocycles. The highest BCUT2D eigenvalue weighted by Gasteiger charge is 2.06. The van der Waals surface area contributed by atoms with Crippen molar-refractivity contribution in [1.82, 2.24) is 0 Å². The zero-order valence-electron chi connectivity index (χ0n) is 10.7. The molecule has 0 radical (unpaired) electrons. The van der Waals surface area contributed by atoms with Gasteiger partial charge >= 0.3 is 0 Å². The lowest BCUT2D eigenvalue weighted by atomic mass is 10.1. The number of aryl methyl sites for hydroxylation is 2. The van der Waals surface area contributed by atoms with Gasteiger partial charge in [0.15, 0.2) is 0 Å². The number of ether oxygens (including phenoxy) is 2. The van der Waals surface area contributed by atoms with Crippen molar-refractivity contribution in [2.75, 3.05) is 19.8 Å². The van der Waals surface area contributed by atoms with Crippen molar-refractivity contribution in [3.05, 3.63) is 28.8 Å². The van der Waals surface area contributed by atoms with Gasteiger partial charge in [-0.3, -0.25) is 0 Å². The first kappa shape index (κ1) is 13.5. The van der Waals surface area contributed by atoms with E-state index >= 15 is 0 Å². The summed E-state index contributed by atoms with van der Waals surface area (Å²) in [4.78, 5) is 0. The maximum atomic E-state index is 8.84. The van der Waals surface area contributed by atoms with Crippen LogP contribution in [-0.2, 0) is 4.74 Å². The second kappa shape index (κ2) is 6.93. The summed E-state index contributed by atoms with van der Waals surface area (Å²) >= 11 is 0. The Hall–Kier alpha value is -1.53. The van der Waals surface area contributed by atoms with Crippen LogP contribution < -0.4 is 4.74 Å². The Morgan fingerprint density at radius 1 is 1.18 bits per heavy atom. The van der Waals surface area contributed by atoms with E-state index in [2.05, 4.69) is 6.07 Å². The van der Waals surface area contributed by atoms with Gasteiger partial charge in [-0.15, -0.1) is 0 Å². The van der Waals surface area contributed by atoms with Crippen LogP contribution >= 0.6 is 0 Å². The van der Waals surface area contributed by atoms with Crippen LogP contribution in [0.1, 0.15) is 30.0 Å². The molecule has 0 fully saturated rings. The fourth-order valence-electron chi connectivity index (χ4n) is 1.72. The van der Waals surface area contributed by atoms with Crippen LogP contribution in [0.2, 0.25) is 0 Å². The van der Waals surface area contributed by atoms with E-state index < -0.39 is 0 Å². The summed E-state index contributed by atoms with van der Waals surface area (Å²) in [5.41, 5.74) is 2.71. The molecule has 0 aromatic heterocycles. The molecular weight excluding hydrogens is 214 g/mol. The number of nitrogens with zero attached hydrogens (tertiary/aromatic N) is 1. The number of hydrogen-bond acceptors (Lipinski definition) is 3. The van der Waals surface area contributed by atoms with Crippen molar-refractivity contribution < 1.29 is 9.47 Å². The van der Waals surface area contributed by atoms with Crippen LogP contribution in [0, 0.1) is 25.2 Å². The lowest BCUT2D eigenvalue weighted by Gasteiger charge is -2.12. The molecule has 0 N–H and O–H groups in total. The molecule has 0 heterocycles. The average molecular weight is 233 g/mol. The van der Waals surface area contributed by atoms with Crippen LogP contribution in [0.4, 0.5) is 0 Å². The van der Waals surface area contributed by atoms with E-state index in [1.54, 1.807) is 0 Å². The molecule has 3 nitrogen and oxygen atoms in total. The van der Waals surface area contributed by atoms with E-state index in [4.69, 9.17) is 14.7 Å². The Bertz CT molecular complexity index is 384. The van der Waals surface area contributed by atoms with Gasteiger partial charge in [0.2, 0.25) is 0 Å². The van der Waals surface area contributed by atoms with Crippen molar-refractivity contribution in [3.8, 4) is 11.8 Å². The summed E-state index contributed by atoms with van der Waals surface area (Å²) in [6, 6.07) is 5.85. The average Bonchev–Trinajstić information content (AvgIpc) is 2.31. The Labute approximate surface area is 103 Å². The third-order valence-corrected chi connectivity index (χ3v) is 2.47. The minimum absolute atomic E-state index is 0.646. The molecule has 1 rings (SSSR count). The molecule has 1 aromatic carbocycles. The lowest BCUT2D eigenvalue weighted by Crippen LogP contribution is -2.05. The summed E-state index contributed by atoms with van der Waals surface area (Å²) in [7, 11) is 0. The number of benzene rings is 1. The van der Waals surface area contributed by atoms with Gasteiger partial charge in [-0.2, -0.15) is 5.26 Å². The van der Waals surface area contributed by atoms with E-state index in [0.717, 1.165) is 36.5 Å². The molecule has 0 saturated carbocycles. The van der Waals surface area contributed by atoms with E-state index in [1.807, 2.05) is 32.9 Å². The molecule has 0 atom stereocenters. The largest absolute Gasteiger partial charge is 0.493 e.